The van der Waals surface area contributed by atoms with Crippen molar-refractivity contribution in [1.82, 2.24) is 4.90 Å². The van der Waals surface area contributed by atoms with Crippen molar-refractivity contribution >= 4 is 28.4 Å². The highest BCUT2D eigenvalue weighted by Crippen LogP contribution is 2.35. The lowest BCUT2D eigenvalue weighted by Crippen LogP contribution is -2.36. The van der Waals surface area contributed by atoms with Gasteiger partial charge in [0.2, 0.25) is 0 Å². The van der Waals surface area contributed by atoms with Gasteiger partial charge in [0.25, 0.3) is 0 Å². The normalized spacial score (nSPS) is 14.9. The molecule has 0 aliphatic carbocycles. The summed E-state index contributed by atoms with van der Waals surface area (Å²) in [6, 6.07) is 0. The molecule has 0 fully saturated rings. The molecule has 0 radical (unpaired) electrons. The highest BCUT2D eigenvalue weighted by atomic mass is 32.1. The number of ether oxygens (including phenoxy) is 2. The van der Waals surface area contributed by atoms with E-state index in [1.165, 1.54) is 11.3 Å². The van der Waals surface area contributed by atoms with E-state index in [1.807, 2.05) is 20.8 Å². The summed E-state index contributed by atoms with van der Waals surface area (Å²) in [5, 5.41) is 0.458. The van der Waals surface area contributed by atoms with Gasteiger partial charge in [-0.15, -0.1) is 11.3 Å². The fourth-order valence-corrected chi connectivity index (χ4v) is 3.66. The van der Waals surface area contributed by atoms with E-state index >= 15 is 0 Å². The summed E-state index contributed by atoms with van der Waals surface area (Å²) in [6.07, 6.45) is 1.13. The van der Waals surface area contributed by atoms with Crippen molar-refractivity contribution in [3.8, 4) is 0 Å². The maximum Gasteiger partial charge on any atom is 0.410 e. The monoisotopic (exact) mass is 340 g/mol. The van der Waals surface area contributed by atoms with Crippen LogP contribution in [0.3, 0.4) is 0 Å². The van der Waals surface area contributed by atoms with Gasteiger partial charge in [-0.2, -0.15) is 0 Å². The lowest BCUT2D eigenvalue weighted by Gasteiger charge is -2.26. The Balaban J connectivity index is 2.23. The zero-order valence-corrected chi connectivity index (χ0v) is 14.9. The highest BCUT2D eigenvalue weighted by Gasteiger charge is 2.29. The molecule has 0 saturated heterocycles. The molecule has 2 rings (SSSR count). The van der Waals surface area contributed by atoms with Crippen LogP contribution in [-0.2, 0) is 22.4 Å². The maximum absolute atomic E-state index is 12.3. The van der Waals surface area contributed by atoms with E-state index in [0.717, 1.165) is 16.9 Å². The van der Waals surface area contributed by atoms with Crippen LogP contribution in [0.4, 0.5) is 9.80 Å². The van der Waals surface area contributed by atoms with Crippen LogP contribution in [0.25, 0.3) is 0 Å². The number of amides is 1. The molecule has 1 aliphatic rings. The number of esters is 1. The van der Waals surface area contributed by atoms with Gasteiger partial charge in [-0.25, -0.2) is 9.59 Å². The van der Waals surface area contributed by atoms with Crippen molar-refractivity contribution in [3.05, 3.63) is 16.0 Å². The minimum Gasteiger partial charge on any atom is -0.462 e. The number of carbonyl (C=O) groups excluding carboxylic acids is 2. The predicted octanol–water partition coefficient (Wildman–Crippen LogP) is 3.19. The number of nitrogens with zero attached hydrogens (tertiary/aromatic N) is 1. The van der Waals surface area contributed by atoms with Gasteiger partial charge in [-0.3, -0.25) is 0 Å². The smallest absolute Gasteiger partial charge is 0.410 e. The van der Waals surface area contributed by atoms with Gasteiger partial charge < -0.3 is 20.1 Å². The molecular formula is C16H24N2O4S. The van der Waals surface area contributed by atoms with E-state index in [4.69, 9.17) is 15.2 Å². The Kier molecular flexibility index (Phi) is 5.19. The van der Waals surface area contributed by atoms with Crippen molar-refractivity contribution in [2.75, 3.05) is 18.9 Å². The van der Waals surface area contributed by atoms with Gasteiger partial charge in [0.15, 0.2) is 0 Å². The summed E-state index contributed by atoms with van der Waals surface area (Å²) >= 11 is 1.35. The summed E-state index contributed by atoms with van der Waals surface area (Å²) in [5.41, 5.74) is 6.86. The first kappa shape index (κ1) is 17.6. The van der Waals surface area contributed by atoms with Crippen LogP contribution in [0, 0.1) is 0 Å². The average molecular weight is 340 g/mol. The molecule has 23 heavy (non-hydrogen) atoms. The minimum absolute atomic E-state index is 0.312. The van der Waals surface area contributed by atoms with Gasteiger partial charge in [-0.1, -0.05) is 0 Å². The molecule has 1 aliphatic heterocycles. The Morgan fingerprint density at radius 3 is 2.65 bits per heavy atom. The standard InChI is InChI=1S/C16H24N2O4S/c1-5-21-14(19)12-10-7-6-8-18(9-11(10)23-13(12)17)15(20)22-16(2,3)4/h5-9,17H2,1-4H3. The van der Waals surface area contributed by atoms with E-state index in [0.29, 0.717) is 36.7 Å². The van der Waals surface area contributed by atoms with Crippen LogP contribution >= 0.6 is 11.3 Å². The number of thiophene rings is 1. The Bertz CT molecular complexity index is 604. The minimum atomic E-state index is -0.531. The second-order valence-electron chi connectivity index (χ2n) is 6.47. The van der Waals surface area contributed by atoms with Crippen LogP contribution in [0.2, 0.25) is 0 Å². The number of nitrogen functional groups attached to an aromatic ring is 1. The number of carbonyl (C=O) groups is 2. The second-order valence-corrected chi connectivity index (χ2v) is 7.61. The molecule has 128 valence electrons. The van der Waals surface area contributed by atoms with Crippen LogP contribution in [0.5, 0.6) is 0 Å². The molecule has 0 unspecified atom stereocenters. The van der Waals surface area contributed by atoms with E-state index < -0.39 is 5.60 Å². The van der Waals surface area contributed by atoms with E-state index in [9.17, 15) is 9.59 Å². The Morgan fingerprint density at radius 1 is 1.35 bits per heavy atom. The van der Waals surface area contributed by atoms with Gasteiger partial charge in [0.05, 0.1) is 18.7 Å². The van der Waals surface area contributed by atoms with Crippen LogP contribution in [-0.4, -0.2) is 35.7 Å². The summed E-state index contributed by atoms with van der Waals surface area (Å²) in [5.74, 6) is -0.381. The van der Waals surface area contributed by atoms with Gasteiger partial charge in [0.1, 0.15) is 10.6 Å². The molecule has 2 heterocycles. The van der Waals surface area contributed by atoms with E-state index in [-0.39, 0.29) is 12.1 Å². The lowest BCUT2D eigenvalue weighted by atomic mass is 10.1. The van der Waals surface area contributed by atoms with E-state index in [1.54, 1.807) is 11.8 Å². The number of rotatable bonds is 2. The van der Waals surface area contributed by atoms with Crippen LogP contribution in [0.15, 0.2) is 0 Å². The molecular weight excluding hydrogens is 316 g/mol. The van der Waals surface area contributed by atoms with Gasteiger partial charge in [-0.05, 0) is 46.1 Å². The predicted molar refractivity (Wildman–Crippen MR) is 89.7 cm³/mol. The number of anilines is 1. The molecule has 0 spiro atoms. The first-order valence-electron chi connectivity index (χ1n) is 7.78. The lowest BCUT2D eigenvalue weighted by molar-refractivity contribution is 0.0238. The zero-order valence-electron chi connectivity index (χ0n) is 14.1. The SMILES string of the molecule is CCOC(=O)c1c(N)sc2c1CCCN(C(=O)OC(C)(C)C)C2. The summed E-state index contributed by atoms with van der Waals surface area (Å²) in [7, 11) is 0. The third-order valence-electron chi connectivity index (χ3n) is 3.44. The molecule has 6 nitrogen and oxygen atoms in total. The van der Waals surface area contributed by atoms with Crippen molar-refractivity contribution in [1.29, 1.82) is 0 Å². The second kappa shape index (κ2) is 6.78. The van der Waals surface area contributed by atoms with Gasteiger partial charge >= 0.3 is 12.1 Å². The zero-order chi connectivity index (χ0) is 17.2. The highest BCUT2D eigenvalue weighted by molar-refractivity contribution is 7.16. The van der Waals surface area contributed by atoms with Crippen LogP contribution < -0.4 is 5.73 Å². The largest absolute Gasteiger partial charge is 0.462 e. The van der Waals surface area contributed by atoms with Crippen molar-refractivity contribution in [3.63, 3.8) is 0 Å². The molecule has 1 amide bonds. The van der Waals surface area contributed by atoms with Crippen molar-refractivity contribution < 1.29 is 19.1 Å². The third-order valence-corrected chi connectivity index (χ3v) is 4.48. The molecule has 1 aromatic heterocycles. The molecule has 2 N–H and O–H groups in total. The quantitative estimate of drug-likeness (QED) is 0.836. The third kappa shape index (κ3) is 4.16. The number of hydrogen-bond donors (Lipinski definition) is 1. The van der Waals surface area contributed by atoms with Crippen molar-refractivity contribution in [2.45, 2.75) is 52.7 Å². The molecule has 0 aromatic carbocycles. The Morgan fingerprint density at radius 2 is 2.04 bits per heavy atom. The topological polar surface area (TPSA) is 81.9 Å². The fraction of sp³-hybridized carbons (Fsp3) is 0.625. The molecule has 0 saturated carbocycles. The van der Waals surface area contributed by atoms with Gasteiger partial charge in [0, 0.05) is 11.4 Å². The van der Waals surface area contributed by atoms with E-state index in [2.05, 4.69) is 0 Å². The fourth-order valence-electron chi connectivity index (χ4n) is 2.53. The van der Waals surface area contributed by atoms with Crippen molar-refractivity contribution in [2.24, 2.45) is 0 Å². The molecule has 0 bridgehead atoms. The summed E-state index contributed by atoms with van der Waals surface area (Å²) < 4.78 is 10.5. The number of nitrogens with two attached hydrogens (primary N) is 1. The summed E-state index contributed by atoms with van der Waals surface area (Å²) in [4.78, 5) is 27.0. The number of fused-ring (bicyclic) bond motifs is 1. The molecule has 1 aromatic rings. The van der Waals surface area contributed by atoms with Crippen LogP contribution in [0.1, 0.15) is 54.9 Å². The Hall–Kier alpha value is -1.76. The Labute approximate surface area is 140 Å². The summed E-state index contributed by atoms with van der Waals surface area (Å²) in [6.45, 7) is 8.62. The first-order valence-corrected chi connectivity index (χ1v) is 8.59. The first-order chi connectivity index (χ1) is 10.7. The number of hydrogen-bond acceptors (Lipinski definition) is 6. The average Bonchev–Trinajstić information content (AvgIpc) is 2.59. The molecule has 0 atom stereocenters. The molecule has 7 heteroatoms. The maximum atomic E-state index is 12.3.